The minimum Gasteiger partial charge on any atom is -0.508 e. The largest absolute Gasteiger partial charge is 0.508 e. The van der Waals surface area contributed by atoms with Crippen molar-refractivity contribution in [3.63, 3.8) is 0 Å². The van der Waals surface area contributed by atoms with E-state index in [9.17, 15) is 9.90 Å². The molecule has 0 spiro atoms. The summed E-state index contributed by atoms with van der Waals surface area (Å²) in [4.78, 5) is 16.7. The molecule has 2 aromatic rings. The second-order valence-electron chi connectivity index (χ2n) is 6.93. The van der Waals surface area contributed by atoms with Gasteiger partial charge in [0.1, 0.15) is 11.5 Å². The van der Waals surface area contributed by atoms with Gasteiger partial charge in [0.2, 0.25) is 5.91 Å². The van der Waals surface area contributed by atoms with Crippen molar-refractivity contribution in [2.75, 3.05) is 32.1 Å². The molecule has 1 atom stereocenters. The van der Waals surface area contributed by atoms with E-state index in [-0.39, 0.29) is 41.6 Å². The fourth-order valence-electron chi connectivity index (χ4n) is 3.41. The number of anilines is 1. The Morgan fingerprint density at radius 1 is 1.27 bits per heavy atom. The molecule has 1 amide bonds. The maximum atomic E-state index is 12.0. The summed E-state index contributed by atoms with van der Waals surface area (Å²) in [5.41, 5.74) is 2.83. The topological polar surface area (TPSA) is 95.0 Å². The van der Waals surface area contributed by atoms with Crippen molar-refractivity contribution < 1.29 is 14.6 Å². The summed E-state index contributed by atoms with van der Waals surface area (Å²) in [6.07, 6.45) is 1.08. The summed E-state index contributed by atoms with van der Waals surface area (Å²) >= 11 is 0. The number of hydrogen-bond donors (Lipinski definition) is 4. The van der Waals surface area contributed by atoms with Crippen molar-refractivity contribution in [1.82, 2.24) is 10.6 Å². The lowest BCUT2D eigenvalue weighted by molar-refractivity contribution is -0.116. The number of carbonyl (C=O) groups excluding carboxylic acids is 1. The number of amides is 1. The highest BCUT2D eigenvalue weighted by Crippen LogP contribution is 2.32. The summed E-state index contributed by atoms with van der Waals surface area (Å²) in [5, 5.41) is 19.5. The van der Waals surface area contributed by atoms with Crippen LogP contribution in [-0.2, 0) is 11.2 Å². The van der Waals surface area contributed by atoms with Crippen molar-refractivity contribution in [2.45, 2.75) is 25.7 Å². The number of aliphatic imine (C=N–C) groups is 1. The van der Waals surface area contributed by atoms with Gasteiger partial charge in [-0.2, -0.15) is 0 Å². The number of phenolic OH excluding ortho intramolecular Hbond substituents is 1. The zero-order valence-electron chi connectivity index (χ0n) is 17.3. The normalized spacial score (nSPS) is 15.5. The summed E-state index contributed by atoms with van der Waals surface area (Å²) < 4.78 is 5.11. The number of benzene rings is 2. The average molecular weight is 524 g/mol. The Bertz CT molecular complexity index is 888. The van der Waals surface area contributed by atoms with E-state index in [0.717, 1.165) is 23.4 Å². The Kier molecular flexibility index (Phi) is 9.22. The molecule has 7 nitrogen and oxygen atoms in total. The van der Waals surface area contributed by atoms with E-state index in [1.807, 2.05) is 43.3 Å². The molecule has 0 aliphatic carbocycles. The number of hydrogen-bond acceptors (Lipinski definition) is 4. The average Bonchev–Trinajstić information content (AvgIpc) is 2.72. The highest BCUT2D eigenvalue weighted by molar-refractivity contribution is 14.0. The number of carbonyl (C=O) groups is 1. The van der Waals surface area contributed by atoms with Crippen LogP contribution in [0.1, 0.15) is 30.4 Å². The van der Waals surface area contributed by atoms with Gasteiger partial charge in [-0.15, -0.1) is 24.0 Å². The molecule has 0 aromatic heterocycles. The van der Waals surface area contributed by atoms with Gasteiger partial charge in [0.05, 0.1) is 13.7 Å². The van der Waals surface area contributed by atoms with Crippen LogP contribution in [0.5, 0.6) is 11.5 Å². The fraction of sp³-hybridized carbons (Fsp3) is 0.364. The van der Waals surface area contributed by atoms with Crippen LogP contribution in [0, 0.1) is 0 Å². The monoisotopic (exact) mass is 524 g/mol. The Labute approximate surface area is 194 Å². The van der Waals surface area contributed by atoms with Gasteiger partial charge >= 0.3 is 0 Å². The van der Waals surface area contributed by atoms with Gasteiger partial charge in [-0.3, -0.25) is 9.79 Å². The van der Waals surface area contributed by atoms with Gasteiger partial charge in [-0.05, 0) is 36.6 Å². The van der Waals surface area contributed by atoms with Crippen molar-refractivity contribution in [1.29, 1.82) is 0 Å². The number of rotatable bonds is 7. The lowest BCUT2D eigenvalue weighted by Gasteiger charge is -2.24. The van der Waals surface area contributed by atoms with Crippen LogP contribution in [0.3, 0.4) is 0 Å². The standard InChI is InChI=1S/C22H28N4O3.HI/c1-3-23-22(24-11-10-15-8-9-17(29-2)13-20(15)27)25-14-16-12-21(28)26-19-7-5-4-6-18(16)19;/h4-9,13,16,27H,3,10-12,14H2,1-2H3,(H,26,28)(H2,23,24,25);1H. The fourth-order valence-corrected chi connectivity index (χ4v) is 3.41. The number of nitrogens with zero attached hydrogens (tertiary/aromatic N) is 1. The van der Waals surface area contributed by atoms with E-state index in [2.05, 4.69) is 20.9 Å². The molecular weight excluding hydrogens is 495 g/mol. The minimum atomic E-state index is 0. The van der Waals surface area contributed by atoms with Gasteiger partial charge in [-0.25, -0.2) is 0 Å². The first-order valence-corrected chi connectivity index (χ1v) is 9.87. The molecule has 30 heavy (non-hydrogen) atoms. The number of halogens is 1. The number of ether oxygens (including phenoxy) is 1. The third-order valence-electron chi connectivity index (χ3n) is 4.90. The van der Waals surface area contributed by atoms with E-state index in [4.69, 9.17) is 4.74 Å². The summed E-state index contributed by atoms with van der Waals surface area (Å²) in [6.45, 7) is 3.89. The molecular formula is C22H29IN4O3. The van der Waals surface area contributed by atoms with E-state index in [1.54, 1.807) is 13.2 Å². The van der Waals surface area contributed by atoms with Crippen molar-refractivity contribution in [3.05, 3.63) is 53.6 Å². The number of methoxy groups -OCH3 is 1. The molecule has 4 N–H and O–H groups in total. The van der Waals surface area contributed by atoms with Gasteiger partial charge in [0.25, 0.3) is 0 Å². The number of guanidine groups is 1. The molecule has 0 fully saturated rings. The van der Waals surface area contributed by atoms with Crippen LogP contribution < -0.4 is 20.7 Å². The minimum absolute atomic E-state index is 0. The van der Waals surface area contributed by atoms with Gasteiger partial charge in [-0.1, -0.05) is 24.3 Å². The number of phenols is 1. The quantitative estimate of drug-likeness (QED) is 0.254. The maximum Gasteiger partial charge on any atom is 0.225 e. The first-order chi connectivity index (χ1) is 14.1. The van der Waals surface area contributed by atoms with E-state index in [0.29, 0.717) is 37.6 Å². The molecule has 0 saturated heterocycles. The summed E-state index contributed by atoms with van der Waals surface area (Å²) in [6, 6.07) is 13.2. The molecule has 2 aromatic carbocycles. The second kappa shape index (κ2) is 11.6. The van der Waals surface area contributed by atoms with Gasteiger partial charge in [0.15, 0.2) is 5.96 Å². The number of nitrogens with one attached hydrogen (secondary N) is 3. The van der Waals surface area contributed by atoms with E-state index >= 15 is 0 Å². The van der Waals surface area contributed by atoms with Crippen molar-refractivity contribution in [2.24, 2.45) is 4.99 Å². The van der Waals surface area contributed by atoms with Crippen LogP contribution in [0.25, 0.3) is 0 Å². The van der Waals surface area contributed by atoms with E-state index < -0.39 is 0 Å². The third-order valence-corrected chi connectivity index (χ3v) is 4.90. The lowest BCUT2D eigenvalue weighted by Crippen LogP contribution is -2.38. The number of aromatic hydroxyl groups is 1. The van der Waals surface area contributed by atoms with Crippen LogP contribution in [-0.4, -0.2) is 43.7 Å². The van der Waals surface area contributed by atoms with Crippen LogP contribution in [0.4, 0.5) is 5.69 Å². The third kappa shape index (κ3) is 6.25. The SMILES string of the molecule is CCNC(=NCC1CC(=O)Nc2ccccc21)NCCc1ccc(OC)cc1O.I. The second-order valence-corrected chi connectivity index (χ2v) is 6.93. The van der Waals surface area contributed by atoms with Gasteiger partial charge in [0, 0.05) is 37.2 Å². The molecule has 1 aliphatic rings. The Morgan fingerprint density at radius 2 is 2.07 bits per heavy atom. The number of fused-ring (bicyclic) bond motifs is 1. The van der Waals surface area contributed by atoms with E-state index in [1.165, 1.54) is 0 Å². The highest BCUT2D eigenvalue weighted by Gasteiger charge is 2.24. The molecule has 1 unspecified atom stereocenters. The molecule has 162 valence electrons. The molecule has 3 rings (SSSR count). The van der Waals surface area contributed by atoms with Crippen LogP contribution in [0.2, 0.25) is 0 Å². The van der Waals surface area contributed by atoms with Crippen LogP contribution in [0.15, 0.2) is 47.5 Å². The Balaban J connectivity index is 0.00000320. The molecule has 0 saturated carbocycles. The lowest BCUT2D eigenvalue weighted by atomic mass is 9.91. The molecule has 0 bridgehead atoms. The maximum absolute atomic E-state index is 12.0. The molecule has 0 radical (unpaired) electrons. The Hall–Kier alpha value is -2.49. The van der Waals surface area contributed by atoms with Crippen molar-refractivity contribution in [3.8, 4) is 11.5 Å². The zero-order chi connectivity index (χ0) is 20.6. The first-order valence-electron chi connectivity index (χ1n) is 9.87. The zero-order valence-corrected chi connectivity index (χ0v) is 19.6. The highest BCUT2D eigenvalue weighted by atomic mass is 127. The molecule has 8 heteroatoms. The smallest absolute Gasteiger partial charge is 0.225 e. The summed E-state index contributed by atoms with van der Waals surface area (Å²) in [7, 11) is 1.57. The van der Waals surface area contributed by atoms with Crippen LogP contribution >= 0.6 is 24.0 Å². The van der Waals surface area contributed by atoms with Crippen molar-refractivity contribution >= 4 is 41.5 Å². The number of para-hydroxylation sites is 1. The molecule has 1 heterocycles. The predicted octanol–water partition coefficient (Wildman–Crippen LogP) is 3.24. The predicted molar refractivity (Wildman–Crippen MR) is 130 cm³/mol. The Morgan fingerprint density at radius 3 is 2.80 bits per heavy atom. The van der Waals surface area contributed by atoms with Gasteiger partial charge < -0.3 is 25.8 Å². The first kappa shape index (κ1) is 23.8. The molecule has 1 aliphatic heterocycles. The summed E-state index contributed by atoms with van der Waals surface area (Å²) in [5.74, 6) is 1.63.